The predicted molar refractivity (Wildman–Crippen MR) is 75.2 cm³/mol. The van der Waals surface area contributed by atoms with E-state index in [4.69, 9.17) is 0 Å². The van der Waals surface area contributed by atoms with Gasteiger partial charge < -0.3 is 0 Å². The van der Waals surface area contributed by atoms with Crippen LogP contribution in [-0.2, 0) is 12.8 Å². The summed E-state index contributed by atoms with van der Waals surface area (Å²) in [5.74, 6) is 0. The molecule has 2 aliphatic carbocycles. The molecule has 1 aromatic carbocycles. The normalized spacial score (nSPS) is 16.7. The Labute approximate surface area is 104 Å². The van der Waals surface area contributed by atoms with Crippen LogP contribution in [0.15, 0.2) is 11.1 Å². The highest BCUT2D eigenvalue weighted by atomic mass is 14.3. The maximum absolute atomic E-state index is 2.44. The van der Waals surface area contributed by atoms with Crippen LogP contribution in [0, 0.1) is 13.8 Å². The Morgan fingerprint density at radius 2 is 1.47 bits per heavy atom. The van der Waals surface area contributed by atoms with Crippen molar-refractivity contribution in [2.45, 2.75) is 47.0 Å². The maximum atomic E-state index is 2.44. The maximum Gasteiger partial charge on any atom is -0.00550 e. The summed E-state index contributed by atoms with van der Waals surface area (Å²) in [7, 11) is 0. The molecule has 88 valence electrons. The Hall–Kier alpha value is -1.30. The largest absolute Gasteiger partial charge is 0.0683 e. The Morgan fingerprint density at radius 1 is 0.882 bits per heavy atom. The van der Waals surface area contributed by atoms with Gasteiger partial charge in [0.05, 0.1) is 0 Å². The van der Waals surface area contributed by atoms with Gasteiger partial charge in [0.15, 0.2) is 0 Å². The minimum atomic E-state index is 1.16. The summed E-state index contributed by atoms with van der Waals surface area (Å²) in [6, 6.07) is 0. The van der Waals surface area contributed by atoms with Crippen molar-refractivity contribution in [3.63, 3.8) is 0 Å². The van der Waals surface area contributed by atoms with Crippen molar-refractivity contribution < 1.29 is 0 Å². The van der Waals surface area contributed by atoms with E-state index in [1.165, 1.54) is 40.7 Å². The molecule has 0 saturated heterocycles. The van der Waals surface area contributed by atoms with Crippen LogP contribution in [0.25, 0.3) is 12.2 Å². The smallest absolute Gasteiger partial charge is 0.00550 e. The summed E-state index contributed by atoms with van der Waals surface area (Å²) in [5.41, 5.74) is 12.4. The second-order valence-corrected chi connectivity index (χ2v) is 5.53. The molecule has 0 fully saturated rings. The molecule has 0 bridgehead atoms. The quantitative estimate of drug-likeness (QED) is 0.653. The van der Waals surface area contributed by atoms with E-state index in [1.54, 1.807) is 16.7 Å². The molecule has 0 atom stereocenters. The van der Waals surface area contributed by atoms with Crippen LogP contribution in [0.4, 0.5) is 0 Å². The van der Waals surface area contributed by atoms with Crippen LogP contribution in [0.2, 0.25) is 0 Å². The molecule has 0 nitrogen and oxygen atoms in total. The first-order valence-electron chi connectivity index (χ1n) is 6.63. The lowest BCUT2D eigenvalue weighted by atomic mass is 9.90. The monoisotopic (exact) mass is 224 g/mol. The van der Waals surface area contributed by atoms with E-state index in [9.17, 15) is 0 Å². The summed E-state index contributed by atoms with van der Waals surface area (Å²) in [6.07, 6.45) is 8.35. The zero-order valence-electron chi connectivity index (χ0n) is 11.3. The molecule has 17 heavy (non-hydrogen) atoms. The van der Waals surface area contributed by atoms with Gasteiger partial charge in [-0.3, -0.25) is 0 Å². The fraction of sp³-hybridized carbons (Fsp3) is 0.412. The average molecular weight is 224 g/mol. The lowest BCUT2D eigenvalue weighted by Gasteiger charge is -2.14. The molecule has 0 unspecified atom stereocenters. The number of benzene rings is 1. The highest BCUT2D eigenvalue weighted by molar-refractivity contribution is 5.78. The van der Waals surface area contributed by atoms with E-state index in [1.807, 2.05) is 0 Å². The molecule has 3 rings (SSSR count). The van der Waals surface area contributed by atoms with E-state index in [0.29, 0.717) is 0 Å². The third kappa shape index (κ3) is 1.43. The lowest BCUT2D eigenvalue weighted by Crippen LogP contribution is -2.00. The Balaban J connectivity index is 2.24. The fourth-order valence-corrected chi connectivity index (χ4v) is 3.31. The zero-order valence-corrected chi connectivity index (χ0v) is 11.3. The van der Waals surface area contributed by atoms with Crippen LogP contribution < -0.4 is 0 Å². The number of allylic oxidation sites excluding steroid dienone is 2. The van der Waals surface area contributed by atoms with Crippen molar-refractivity contribution in [1.82, 2.24) is 0 Å². The molecule has 2 aliphatic rings. The molecule has 0 N–H and O–H groups in total. The van der Waals surface area contributed by atoms with E-state index >= 15 is 0 Å². The molecule has 0 amide bonds. The third-order valence-electron chi connectivity index (χ3n) is 4.42. The van der Waals surface area contributed by atoms with E-state index in [2.05, 4.69) is 39.8 Å². The van der Waals surface area contributed by atoms with Gasteiger partial charge in [0, 0.05) is 0 Å². The Kier molecular flexibility index (Phi) is 2.29. The minimum absolute atomic E-state index is 1.16. The number of rotatable bonds is 1. The summed E-state index contributed by atoms with van der Waals surface area (Å²) >= 11 is 0. The molecule has 0 spiro atoms. The lowest BCUT2D eigenvalue weighted by molar-refractivity contribution is 1.02. The van der Waals surface area contributed by atoms with E-state index in [-0.39, 0.29) is 0 Å². The summed E-state index contributed by atoms with van der Waals surface area (Å²) < 4.78 is 0. The fourth-order valence-electron chi connectivity index (χ4n) is 3.31. The molecule has 0 radical (unpaired) electrons. The molecule has 0 saturated carbocycles. The van der Waals surface area contributed by atoms with Gasteiger partial charge in [0.25, 0.3) is 0 Å². The first-order chi connectivity index (χ1) is 8.11. The van der Waals surface area contributed by atoms with Crippen LogP contribution in [0.5, 0.6) is 0 Å². The second-order valence-electron chi connectivity index (χ2n) is 5.53. The molecule has 0 aromatic heterocycles. The highest BCUT2D eigenvalue weighted by Gasteiger charge is 2.23. The van der Waals surface area contributed by atoms with Gasteiger partial charge in [0.1, 0.15) is 0 Å². The summed E-state index contributed by atoms with van der Waals surface area (Å²) in [4.78, 5) is 0. The van der Waals surface area contributed by atoms with Crippen molar-refractivity contribution in [2.75, 3.05) is 0 Å². The predicted octanol–water partition coefficient (Wildman–Crippen LogP) is 4.61. The van der Waals surface area contributed by atoms with Crippen LogP contribution in [0.3, 0.4) is 0 Å². The van der Waals surface area contributed by atoms with Gasteiger partial charge in [-0.15, -0.1) is 0 Å². The van der Waals surface area contributed by atoms with Crippen LogP contribution in [-0.4, -0.2) is 0 Å². The molecule has 0 heteroatoms. The molecular weight excluding hydrogens is 204 g/mol. The standard InChI is InChI=1S/C17H20/c1-5-13-8-16-11(3)14-6-10(2)7-15(14)12(4)17(16)9-13/h6,9H,5,7-8H2,1-4H3. The summed E-state index contributed by atoms with van der Waals surface area (Å²) in [6.45, 7) is 9.12. The number of hydrogen-bond donors (Lipinski definition) is 0. The van der Waals surface area contributed by atoms with Crippen molar-refractivity contribution in [1.29, 1.82) is 0 Å². The van der Waals surface area contributed by atoms with Gasteiger partial charge >= 0.3 is 0 Å². The van der Waals surface area contributed by atoms with Crippen molar-refractivity contribution in [3.8, 4) is 0 Å². The van der Waals surface area contributed by atoms with Gasteiger partial charge in [-0.1, -0.05) is 30.2 Å². The highest BCUT2D eigenvalue weighted by Crippen LogP contribution is 2.40. The Bertz CT molecular complexity index is 568. The zero-order chi connectivity index (χ0) is 12.2. The minimum Gasteiger partial charge on any atom is -0.0683 e. The number of fused-ring (bicyclic) bond motifs is 2. The average Bonchev–Trinajstić information content (AvgIpc) is 2.89. The second kappa shape index (κ2) is 3.60. The van der Waals surface area contributed by atoms with Gasteiger partial charge in [0.2, 0.25) is 0 Å². The van der Waals surface area contributed by atoms with Crippen molar-refractivity contribution >= 4 is 12.2 Å². The van der Waals surface area contributed by atoms with Crippen molar-refractivity contribution in [3.05, 3.63) is 44.5 Å². The topological polar surface area (TPSA) is 0 Å². The first-order valence-corrected chi connectivity index (χ1v) is 6.63. The molecule has 0 heterocycles. The van der Waals surface area contributed by atoms with Gasteiger partial charge in [-0.25, -0.2) is 0 Å². The number of hydrogen-bond acceptors (Lipinski definition) is 0. The first kappa shape index (κ1) is 10.8. The van der Waals surface area contributed by atoms with Gasteiger partial charge in [-0.05, 0) is 73.4 Å². The molecule has 1 aromatic rings. The van der Waals surface area contributed by atoms with E-state index in [0.717, 1.165) is 6.42 Å². The third-order valence-corrected chi connectivity index (χ3v) is 4.42. The summed E-state index contributed by atoms with van der Waals surface area (Å²) in [5, 5.41) is 0. The van der Waals surface area contributed by atoms with Gasteiger partial charge in [-0.2, -0.15) is 0 Å². The molecule has 0 aliphatic heterocycles. The SMILES string of the molecule is CCC1=Cc2c(C)c3c(c(C)c2C1)C=C(C)C3. The van der Waals surface area contributed by atoms with Crippen LogP contribution in [0.1, 0.15) is 53.6 Å². The molecular formula is C17H20. The van der Waals surface area contributed by atoms with Crippen molar-refractivity contribution in [2.24, 2.45) is 0 Å². The van der Waals surface area contributed by atoms with Crippen LogP contribution >= 0.6 is 0 Å². The van der Waals surface area contributed by atoms with E-state index < -0.39 is 0 Å². The Morgan fingerprint density at radius 3 is 2.12 bits per heavy atom.